The van der Waals surface area contributed by atoms with Crippen LogP contribution in [0, 0.1) is 5.92 Å². The summed E-state index contributed by atoms with van der Waals surface area (Å²) in [6.45, 7) is 5.87. The van der Waals surface area contributed by atoms with Gasteiger partial charge in [0.05, 0.1) is 0 Å². The minimum atomic E-state index is 0.0245. The van der Waals surface area contributed by atoms with Crippen molar-refractivity contribution in [3.05, 3.63) is 33.8 Å². The summed E-state index contributed by atoms with van der Waals surface area (Å²) in [7, 11) is 0. The van der Waals surface area contributed by atoms with Gasteiger partial charge in [-0.15, -0.1) is 0 Å². The fourth-order valence-corrected chi connectivity index (χ4v) is 2.30. The summed E-state index contributed by atoms with van der Waals surface area (Å²) in [4.78, 5) is 0. The molecule has 19 heavy (non-hydrogen) atoms. The van der Waals surface area contributed by atoms with Gasteiger partial charge in [0.15, 0.2) is 0 Å². The Bertz CT molecular complexity index is 362. The SMILES string of the molecule is CC(C)CCOCCC(N)Cc1c(Cl)cccc1Cl. The lowest BCUT2D eigenvalue weighted by Gasteiger charge is -2.14. The van der Waals surface area contributed by atoms with Gasteiger partial charge in [0.1, 0.15) is 0 Å². The molecular formula is C15H23Cl2NO. The fourth-order valence-electron chi connectivity index (χ4n) is 1.75. The number of hydrogen-bond donors (Lipinski definition) is 1. The minimum absolute atomic E-state index is 0.0245. The van der Waals surface area contributed by atoms with Gasteiger partial charge in [-0.25, -0.2) is 0 Å². The smallest absolute Gasteiger partial charge is 0.0480 e. The molecule has 0 saturated heterocycles. The quantitative estimate of drug-likeness (QED) is 0.726. The van der Waals surface area contributed by atoms with Gasteiger partial charge in [0, 0.05) is 29.3 Å². The summed E-state index contributed by atoms with van der Waals surface area (Å²) in [6, 6.07) is 5.55. The van der Waals surface area contributed by atoms with Crippen molar-refractivity contribution in [1.82, 2.24) is 0 Å². The molecule has 0 aliphatic carbocycles. The zero-order valence-electron chi connectivity index (χ0n) is 11.7. The van der Waals surface area contributed by atoms with Crippen LogP contribution in [0.5, 0.6) is 0 Å². The van der Waals surface area contributed by atoms with Crippen molar-refractivity contribution in [2.75, 3.05) is 13.2 Å². The van der Waals surface area contributed by atoms with Crippen molar-refractivity contribution < 1.29 is 4.74 Å². The molecule has 1 unspecified atom stereocenters. The first-order chi connectivity index (χ1) is 9.00. The molecule has 1 rings (SSSR count). The number of rotatable bonds is 8. The fraction of sp³-hybridized carbons (Fsp3) is 0.600. The zero-order chi connectivity index (χ0) is 14.3. The van der Waals surface area contributed by atoms with Crippen molar-refractivity contribution in [2.24, 2.45) is 11.7 Å². The average molecular weight is 304 g/mol. The van der Waals surface area contributed by atoms with E-state index in [-0.39, 0.29) is 6.04 Å². The van der Waals surface area contributed by atoms with E-state index in [1.54, 1.807) is 0 Å². The topological polar surface area (TPSA) is 35.2 Å². The van der Waals surface area contributed by atoms with Gasteiger partial charge < -0.3 is 10.5 Å². The molecule has 0 radical (unpaired) electrons. The van der Waals surface area contributed by atoms with E-state index in [4.69, 9.17) is 33.7 Å². The standard InChI is InChI=1S/C15H23Cl2NO/c1-11(2)6-8-19-9-7-12(18)10-13-14(16)4-3-5-15(13)17/h3-5,11-12H,6-10,18H2,1-2H3. The Morgan fingerprint density at radius 3 is 2.26 bits per heavy atom. The third kappa shape index (κ3) is 6.62. The highest BCUT2D eigenvalue weighted by Gasteiger charge is 2.10. The molecule has 1 atom stereocenters. The van der Waals surface area contributed by atoms with Gasteiger partial charge in [0.2, 0.25) is 0 Å². The van der Waals surface area contributed by atoms with Crippen LogP contribution in [0.25, 0.3) is 0 Å². The van der Waals surface area contributed by atoms with Crippen LogP contribution in [-0.2, 0) is 11.2 Å². The van der Waals surface area contributed by atoms with Gasteiger partial charge in [-0.1, -0.05) is 43.1 Å². The largest absolute Gasteiger partial charge is 0.381 e. The minimum Gasteiger partial charge on any atom is -0.381 e. The zero-order valence-corrected chi connectivity index (χ0v) is 13.2. The molecule has 2 N–H and O–H groups in total. The summed E-state index contributed by atoms with van der Waals surface area (Å²) in [6.07, 6.45) is 2.59. The first-order valence-electron chi connectivity index (χ1n) is 6.77. The molecule has 1 aromatic carbocycles. The van der Waals surface area contributed by atoms with Gasteiger partial charge in [-0.2, -0.15) is 0 Å². The number of ether oxygens (including phenoxy) is 1. The number of benzene rings is 1. The molecule has 0 aliphatic rings. The maximum absolute atomic E-state index is 6.12. The molecule has 0 bridgehead atoms. The monoisotopic (exact) mass is 303 g/mol. The van der Waals surface area contributed by atoms with Gasteiger partial charge in [0.25, 0.3) is 0 Å². The summed E-state index contributed by atoms with van der Waals surface area (Å²) in [5.41, 5.74) is 7.02. The van der Waals surface area contributed by atoms with Crippen molar-refractivity contribution in [1.29, 1.82) is 0 Å². The Balaban J connectivity index is 2.29. The summed E-state index contributed by atoms with van der Waals surface area (Å²) in [5.74, 6) is 0.676. The molecule has 4 heteroatoms. The number of halogens is 2. The second-order valence-corrected chi connectivity index (χ2v) is 6.06. The molecule has 0 aromatic heterocycles. The molecule has 1 aromatic rings. The van der Waals surface area contributed by atoms with E-state index in [1.165, 1.54) is 0 Å². The molecule has 0 amide bonds. The lowest BCUT2D eigenvalue weighted by atomic mass is 10.0. The maximum atomic E-state index is 6.12. The highest BCUT2D eigenvalue weighted by Crippen LogP contribution is 2.25. The van der Waals surface area contributed by atoms with E-state index >= 15 is 0 Å². The predicted molar refractivity (Wildman–Crippen MR) is 83.0 cm³/mol. The maximum Gasteiger partial charge on any atom is 0.0480 e. The van der Waals surface area contributed by atoms with Crippen LogP contribution >= 0.6 is 23.2 Å². The Morgan fingerprint density at radius 2 is 1.68 bits per heavy atom. The molecular weight excluding hydrogens is 281 g/mol. The van der Waals surface area contributed by atoms with E-state index in [0.717, 1.165) is 25.0 Å². The summed E-state index contributed by atoms with van der Waals surface area (Å²) >= 11 is 12.2. The highest BCUT2D eigenvalue weighted by atomic mass is 35.5. The van der Waals surface area contributed by atoms with Crippen molar-refractivity contribution in [2.45, 2.75) is 39.2 Å². The first kappa shape index (κ1) is 16.8. The molecule has 0 fully saturated rings. The van der Waals surface area contributed by atoms with Crippen molar-refractivity contribution in [3.63, 3.8) is 0 Å². The molecule has 108 valence electrons. The Hall–Kier alpha value is -0.280. The van der Waals surface area contributed by atoms with Gasteiger partial charge in [-0.05, 0) is 42.9 Å². The van der Waals surface area contributed by atoms with E-state index in [1.807, 2.05) is 18.2 Å². The van der Waals surface area contributed by atoms with E-state index < -0.39 is 0 Å². The van der Waals surface area contributed by atoms with Crippen molar-refractivity contribution in [3.8, 4) is 0 Å². The van der Waals surface area contributed by atoms with Crippen molar-refractivity contribution >= 4 is 23.2 Å². The predicted octanol–water partition coefficient (Wildman–Crippen LogP) is 4.32. The van der Waals surface area contributed by atoms with Crippen LogP contribution in [0.3, 0.4) is 0 Å². The van der Waals surface area contributed by atoms with Crippen LogP contribution < -0.4 is 5.73 Å². The molecule has 2 nitrogen and oxygen atoms in total. The van der Waals surface area contributed by atoms with Crippen LogP contribution in [-0.4, -0.2) is 19.3 Å². The molecule has 0 saturated carbocycles. The Morgan fingerprint density at radius 1 is 1.11 bits per heavy atom. The second kappa shape index (κ2) is 8.80. The normalized spacial score (nSPS) is 12.9. The second-order valence-electron chi connectivity index (χ2n) is 5.25. The van der Waals surface area contributed by atoms with E-state index in [9.17, 15) is 0 Å². The first-order valence-corrected chi connectivity index (χ1v) is 7.52. The van der Waals surface area contributed by atoms with Crippen LogP contribution in [0.2, 0.25) is 10.0 Å². The Kier molecular flexibility index (Phi) is 7.77. The van der Waals surface area contributed by atoms with Crippen LogP contribution in [0.15, 0.2) is 18.2 Å². The van der Waals surface area contributed by atoms with Gasteiger partial charge in [-0.3, -0.25) is 0 Å². The third-order valence-electron chi connectivity index (χ3n) is 3.00. The summed E-state index contributed by atoms with van der Waals surface area (Å²) in [5, 5.41) is 1.37. The molecule has 0 aliphatic heterocycles. The van der Waals surface area contributed by atoms with Crippen LogP contribution in [0.4, 0.5) is 0 Å². The van der Waals surface area contributed by atoms with Gasteiger partial charge >= 0.3 is 0 Å². The molecule has 0 spiro atoms. The number of nitrogens with two attached hydrogens (primary N) is 1. The lowest BCUT2D eigenvalue weighted by molar-refractivity contribution is 0.117. The van der Waals surface area contributed by atoms with E-state index in [2.05, 4.69) is 13.8 Å². The summed E-state index contributed by atoms with van der Waals surface area (Å²) < 4.78 is 5.57. The lowest BCUT2D eigenvalue weighted by Crippen LogP contribution is -2.25. The Labute approximate surface area is 126 Å². The number of hydrogen-bond acceptors (Lipinski definition) is 2. The van der Waals surface area contributed by atoms with Crippen LogP contribution in [0.1, 0.15) is 32.3 Å². The highest BCUT2D eigenvalue weighted by molar-refractivity contribution is 6.35. The molecule has 0 heterocycles. The average Bonchev–Trinajstić information content (AvgIpc) is 2.33. The van der Waals surface area contributed by atoms with E-state index in [0.29, 0.717) is 29.0 Å². The third-order valence-corrected chi connectivity index (χ3v) is 3.71.